The number of benzene rings is 3. The summed E-state index contributed by atoms with van der Waals surface area (Å²) in [6.45, 7) is 0.465. The molecule has 1 heterocycles. The van der Waals surface area contributed by atoms with Crippen molar-refractivity contribution >= 4 is 51.3 Å². The molecule has 0 aliphatic carbocycles. The van der Waals surface area contributed by atoms with Crippen LogP contribution in [-0.4, -0.2) is 29.8 Å². The molecule has 0 radical (unpaired) electrons. The van der Waals surface area contributed by atoms with Gasteiger partial charge >= 0.3 is 0 Å². The third-order valence-electron chi connectivity index (χ3n) is 5.91. The summed E-state index contributed by atoms with van der Waals surface area (Å²) in [5.74, 6) is 0.719. The largest absolute Gasteiger partial charge is 0.497 e. The standard InChI is InChI=1S/C27H22ClN5O4/c1-37-19-7-2-4-15(12-19)10-11-29-22-23(25(35)24(22)34)30-18-8-9-21-20(14-18)26(33-32-21)31-27(36)16-5-3-6-17(28)13-16/h2-9,12-14,29-30H,10-11H2,1H3,(H2,31,32,33,36). The van der Waals surface area contributed by atoms with Gasteiger partial charge in [0.25, 0.3) is 16.8 Å². The van der Waals surface area contributed by atoms with E-state index < -0.39 is 10.9 Å². The Morgan fingerprint density at radius 3 is 2.62 bits per heavy atom. The number of H-pyrrole nitrogens is 1. The van der Waals surface area contributed by atoms with Crippen LogP contribution in [0, 0.1) is 0 Å². The van der Waals surface area contributed by atoms with Crippen molar-refractivity contribution in [3.63, 3.8) is 0 Å². The molecule has 0 spiro atoms. The highest BCUT2D eigenvalue weighted by Gasteiger charge is 2.21. The molecule has 1 amide bonds. The molecule has 10 heteroatoms. The first kappa shape index (κ1) is 24.1. The van der Waals surface area contributed by atoms with E-state index in [0.29, 0.717) is 46.0 Å². The summed E-state index contributed by atoms with van der Waals surface area (Å²) >= 11 is 5.99. The maximum Gasteiger partial charge on any atom is 0.256 e. The van der Waals surface area contributed by atoms with Gasteiger partial charge in [0.15, 0.2) is 5.82 Å². The maximum absolute atomic E-state index is 12.6. The van der Waals surface area contributed by atoms with Gasteiger partial charge in [0.2, 0.25) is 0 Å². The number of hydrogen-bond donors (Lipinski definition) is 4. The molecule has 5 aromatic rings. The van der Waals surface area contributed by atoms with Crippen LogP contribution in [0.15, 0.2) is 76.3 Å². The van der Waals surface area contributed by atoms with Crippen molar-refractivity contribution in [2.75, 3.05) is 29.6 Å². The Bertz CT molecular complexity index is 1690. The first-order chi connectivity index (χ1) is 17.9. The topological polar surface area (TPSA) is 125 Å². The van der Waals surface area contributed by atoms with E-state index in [-0.39, 0.29) is 17.3 Å². The fraction of sp³-hybridized carbons (Fsp3) is 0.111. The fourth-order valence-corrected chi connectivity index (χ4v) is 4.17. The number of carbonyl (C=O) groups excluding carboxylic acids is 1. The molecule has 0 aliphatic rings. The van der Waals surface area contributed by atoms with Gasteiger partial charge in [-0.05, 0) is 60.5 Å². The normalized spacial score (nSPS) is 11.0. The second-order valence-electron chi connectivity index (χ2n) is 8.36. The number of aromatic amines is 1. The first-order valence-corrected chi connectivity index (χ1v) is 11.8. The van der Waals surface area contributed by atoms with E-state index in [1.807, 2.05) is 24.3 Å². The van der Waals surface area contributed by atoms with E-state index in [2.05, 4.69) is 26.1 Å². The van der Waals surface area contributed by atoms with Gasteiger partial charge in [-0.25, -0.2) is 0 Å². The van der Waals surface area contributed by atoms with E-state index in [1.165, 1.54) is 0 Å². The van der Waals surface area contributed by atoms with Crippen molar-refractivity contribution in [1.82, 2.24) is 10.2 Å². The molecule has 4 N–H and O–H groups in total. The van der Waals surface area contributed by atoms with Crippen LogP contribution in [-0.2, 0) is 6.42 Å². The summed E-state index contributed by atoms with van der Waals surface area (Å²) in [5, 5.41) is 17.0. The van der Waals surface area contributed by atoms with Gasteiger partial charge in [-0.1, -0.05) is 29.8 Å². The van der Waals surface area contributed by atoms with Gasteiger partial charge < -0.3 is 20.7 Å². The molecule has 0 fully saturated rings. The number of carbonyl (C=O) groups is 1. The number of ether oxygens (including phenoxy) is 1. The third-order valence-corrected chi connectivity index (χ3v) is 6.15. The SMILES string of the molecule is COc1cccc(CCNc2c(Nc3ccc4[nH]nc(NC(=O)c5cccc(Cl)c5)c4c3)c(=O)c2=O)c1. The summed E-state index contributed by atoms with van der Waals surface area (Å²) in [6.07, 6.45) is 0.645. The second kappa shape index (κ2) is 10.2. The number of halogens is 1. The van der Waals surface area contributed by atoms with Crippen LogP contribution >= 0.6 is 11.6 Å². The Morgan fingerprint density at radius 2 is 1.81 bits per heavy atom. The molecule has 0 bridgehead atoms. The predicted octanol–water partition coefficient (Wildman–Crippen LogP) is 4.47. The number of hydrogen-bond acceptors (Lipinski definition) is 7. The number of methoxy groups -OCH3 is 1. The van der Waals surface area contributed by atoms with Gasteiger partial charge in [0, 0.05) is 28.2 Å². The molecule has 0 aliphatic heterocycles. The lowest BCUT2D eigenvalue weighted by molar-refractivity contribution is 0.102. The van der Waals surface area contributed by atoms with Crippen molar-refractivity contribution in [2.24, 2.45) is 0 Å². The number of anilines is 4. The first-order valence-electron chi connectivity index (χ1n) is 11.4. The zero-order chi connectivity index (χ0) is 25.9. The van der Waals surface area contributed by atoms with E-state index in [4.69, 9.17) is 16.3 Å². The number of nitrogens with zero attached hydrogens (tertiary/aromatic N) is 1. The summed E-state index contributed by atoms with van der Waals surface area (Å²) in [4.78, 5) is 37.1. The number of rotatable bonds is 9. The molecule has 0 atom stereocenters. The van der Waals surface area contributed by atoms with E-state index in [1.54, 1.807) is 49.6 Å². The van der Waals surface area contributed by atoms with Crippen LogP contribution in [0.4, 0.5) is 22.9 Å². The molecule has 0 saturated heterocycles. The molecule has 186 valence electrons. The molecule has 4 aromatic carbocycles. The highest BCUT2D eigenvalue weighted by Crippen LogP contribution is 2.28. The minimum Gasteiger partial charge on any atom is -0.497 e. The highest BCUT2D eigenvalue weighted by atomic mass is 35.5. The Balaban J connectivity index is 1.30. The smallest absolute Gasteiger partial charge is 0.256 e. The van der Waals surface area contributed by atoms with Crippen molar-refractivity contribution in [3.05, 3.63) is 103 Å². The molecule has 9 nitrogen and oxygen atoms in total. The monoisotopic (exact) mass is 515 g/mol. The van der Waals surface area contributed by atoms with Crippen LogP contribution in [0.25, 0.3) is 10.9 Å². The third kappa shape index (κ3) is 5.03. The summed E-state index contributed by atoms with van der Waals surface area (Å²) in [6, 6.07) is 19.5. The lowest BCUT2D eigenvalue weighted by Gasteiger charge is -2.15. The second-order valence-corrected chi connectivity index (χ2v) is 8.80. The molecular formula is C27H22ClN5O4. The average molecular weight is 516 g/mol. The Labute approximate surface area is 216 Å². The van der Waals surface area contributed by atoms with Crippen molar-refractivity contribution < 1.29 is 9.53 Å². The van der Waals surface area contributed by atoms with Crippen LogP contribution in [0.3, 0.4) is 0 Å². The fourth-order valence-electron chi connectivity index (χ4n) is 3.98. The Hall–Kier alpha value is -4.63. The number of amides is 1. The van der Waals surface area contributed by atoms with Crippen LogP contribution in [0.1, 0.15) is 15.9 Å². The van der Waals surface area contributed by atoms with Gasteiger partial charge in [-0.15, -0.1) is 0 Å². The Kier molecular flexibility index (Phi) is 6.61. The quantitative estimate of drug-likeness (QED) is 0.213. The van der Waals surface area contributed by atoms with Gasteiger partial charge in [-0.3, -0.25) is 19.5 Å². The maximum atomic E-state index is 12.6. The minimum absolute atomic E-state index is 0.197. The van der Waals surface area contributed by atoms with Crippen molar-refractivity contribution in [2.45, 2.75) is 6.42 Å². The van der Waals surface area contributed by atoms with Crippen molar-refractivity contribution in [3.8, 4) is 5.75 Å². The number of aromatic nitrogens is 2. The van der Waals surface area contributed by atoms with E-state index in [9.17, 15) is 14.4 Å². The number of fused-ring (bicyclic) bond motifs is 1. The van der Waals surface area contributed by atoms with Gasteiger partial charge in [0.05, 0.1) is 12.6 Å². The van der Waals surface area contributed by atoms with Crippen molar-refractivity contribution in [1.29, 1.82) is 0 Å². The zero-order valence-electron chi connectivity index (χ0n) is 19.7. The Morgan fingerprint density at radius 1 is 1.00 bits per heavy atom. The summed E-state index contributed by atoms with van der Waals surface area (Å²) < 4.78 is 5.24. The zero-order valence-corrected chi connectivity index (χ0v) is 20.5. The lowest BCUT2D eigenvalue weighted by atomic mass is 10.1. The lowest BCUT2D eigenvalue weighted by Crippen LogP contribution is -2.37. The van der Waals surface area contributed by atoms with Crippen LogP contribution in [0.5, 0.6) is 5.75 Å². The van der Waals surface area contributed by atoms with Gasteiger partial charge in [-0.2, -0.15) is 5.10 Å². The van der Waals surface area contributed by atoms with Crippen LogP contribution in [0.2, 0.25) is 5.02 Å². The molecular weight excluding hydrogens is 494 g/mol. The van der Waals surface area contributed by atoms with Gasteiger partial charge in [0.1, 0.15) is 17.1 Å². The van der Waals surface area contributed by atoms with Crippen LogP contribution < -0.4 is 31.5 Å². The number of nitrogens with one attached hydrogen (secondary N) is 4. The predicted molar refractivity (Wildman–Crippen MR) is 145 cm³/mol. The highest BCUT2D eigenvalue weighted by molar-refractivity contribution is 6.31. The molecule has 1 aromatic heterocycles. The van der Waals surface area contributed by atoms with E-state index in [0.717, 1.165) is 11.3 Å². The molecule has 0 unspecified atom stereocenters. The average Bonchev–Trinajstić information content (AvgIpc) is 3.31. The van der Waals surface area contributed by atoms with E-state index >= 15 is 0 Å². The molecule has 5 rings (SSSR count). The summed E-state index contributed by atoms with van der Waals surface area (Å²) in [5.41, 5.74) is 1.98. The summed E-state index contributed by atoms with van der Waals surface area (Å²) in [7, 11) is 1.61. The minimum atomic E-state index is -0.592. The molecule has 0 saturated carbocycles. The molecule has 37 heavy (non-hydrogen) atoms.